The number of aromatic amines is 1. The zero-order valence-corrected chi connectivity index (χ0v) is 11.6. The minimum Gasteiger partial charge on any atom is -0.369 e. The van der Waals surface area contributed by atoms with Crippen LogP contribution < -0.4 is 5.73 Å². The molecule has 2 unspecified atom stereocenters. The second-order valence-electron chi connectivity index (χ2n) is 5.66. The Morgan fingerprint density at radius 3 is 3.00 bits per heavy atom. The molecule has 5 nitrogen and oxygen atoms in total. The summed E-state index contributed by atoms with van der Waals surface area (Å²) in [5.41, 5.74) is 6.62. The van der Waals surface area contributed by atoms with E-state index in [2.05, 4.69) is 15.2 Å². The number of hydrogen-bond donors (Lipinski definition) is 2. The van der Waals surface area contributed by atoms with Gasteiger partial charge in [0.25, 0.3) is 0 Å². The zero-order valence-electron chi connectivity index (χ0n) is 11.6. The number of benzene rings is 1. The monoisotopic (exact) mass is 296 g/mol. The number of nitrogens with two attached hydrogens (primary N) is 1. The fourth-order valence-electron chi connectivity index (χ4n) is 3.25. The molecule has 3 N–H and O–H groups in total. The Labute approximate surface area is 125 Å². The number of pyridine rings is 1. The van der Waals surface area contributed by atoms with Crippen LogP contribution in [0.25, 0.3) is 10.9 Å². The Kier molecular flexibility index (Phi) is 2.57. The summed E-state index contributed by atoms with van der Waals surface area (Å²) in [4.78, 5) is 16.1. The molecule has 6 heteroatoms. The van der Waals surface area contributed by atoms with Crippen molar-refractivity contribution in [1.29, 1.82) is 0 Å². The van der Waals surface area contributed by atoms with E-state index in [1.807, 2.05) is 6.07 Å². The number of hydrogen-bond acceptors (Lipinski definition) is 3. The van der Waals surface area contributed by atoms with Crippen LogP contribution >= 0.6 is 0 Å². The molecule has 1 fully saturated rings. The van der Waals surface area contributed by atoms with Crippen molar-refractivity contribution < 1.29 is 9.18 Å². The maximum atomic E-state index is 14.4. The van der Waals surface area contributed by atoms with E-state index in [9.17, 15) is 9.18 Å². The molecule has 2 heterocycles. The van der Waals surface area contributed by atoms with Gasteiger partial charge in [0.15, 0.2) is 0 Å². The summed E-state index contributed by atoms with van der Waals surface area (Å²) in [6, 6.07) is 6.71. The number of carbonyl (C=O) groups excluding carboxylic acids is 1. The molecule has 1 aliphatic rings. The van der Waals surface area contributed by atoms with E-state index >= 15 is 0 Å². The topological polar surface area (TPSA) is 84.7 Å². The molecule has 110 valence electrons. The lowest BCUT2D eigenvalue weighted by Gasteiger charge is -2.14. The number of H-pyrrole nitrogens is 1. The third-order valence-electron chi connectivity index (χ3n) is 4.51. The molecule has 0 saturated heterocycles. The number of rotatable bonds is 3. The maximum Gasteiger partial charge on any atom is 0.228 e. The van der Waals surface area contributed by atoms with E-state index in [0.717, 1.165) is 10.9 Å². The molecule has 2 atom stereocenters. The molecule has 0 spiro atoms. The molecule has 2 aromatic heterocycles. The Bertz CT molecular complexity index is 876. The molecule has 1 amide bonds. The number of primary amides is 1. The molecule has 0 radical (unpaired) electrons. The lowest BCUT2D eigenvalue weighted by atomic mass is 9.91. The number of amides is 1. The lowest BCUT2D eigenvalue weighted by molar-refractivity contribution is -0.120. The number of carbonyl (C=O) groups is 1. The van der Waals surface area contributed by atoms with E-state index in [-0.39, 0.29) is 11.7 Å². The number of fused-ring (bicyclic) bond motifs is 1. The molecule has 4 rings (SSSR count). The van der Waals surface area contributed by atoms with Crippen molar-refractivity contribution >= 4 is 16.8 Å². The van der Waals surface area contributed by atoms with E-state index in [0.29, 0.717) is 17.5 Å². The van der Waals surface area contributed by atoms with E-state index in [1.165, 1.54) is 6.07 Å². The first kappa shape index (κ1) is 12.9. The average Bonchev–Trinajstić information content (AvgIpc) is 3.12. The van der Waals surface area contributed by atoms with Crippen LogP contribution in [-0.4, -0.2) is 21.1 Å². The molecule has 22 heavy (non-hydrogen) atoms. The van der Waals surface area contributed by atoms with Crippen molar-refractivity contribution in [2.75, 3.05) is 0 Å². The quantitative estimate of drug-likeness (QED) is 0.775. The van der Waals surface area contributed by atoms with Gasteiger partial charge in [0.2, 0.25) is 5.91 Å². The molecule has 1 aliphatic carbocycles. The van der Waals surface area contributed by atoms with Crippen LogP contribution in [0.1, 0.15) is 23.5 Å². The lowest BCUT2D eigenvalue weighted by Crippen LogP contribution is -2.30. The van der Waals surface area contributed by atoms with Gasteiger partial charge in [-0.15, -0.1) is 0 Å². The summed E-state index contributed by atoms with van der Waals surface area (Å²) in [6.07, 6.45) is 5.39. The van der Waals surface area contributed by atoms with Gasteiger partial charge in [-0.2, -0.15) is 5.10 Å². The summed E-state index contributed by atoms with van der Waals surface area (Å²) in [7, 11) is 0. The second kappa shape index (κ2) is 4.37. The van der Waals surface area contributed by atoms with E-state index in [4.69, 9.17) is 5.73 Å². The Morgan fingerprint density at radius 1 is 1.41 bits per heavy atom. The highest BCUT2D eigenvalue weighted by atomic mass is 19.1. The molecule has 1 aromatic carbocycles. The highest BCUT2D eigenvalue weighted by molar-refractivity contribution is 5.92. The summed E-state index contributed by atoms with van der Waals surface area (Å²) in [5, 5.41) is 7.44. The second-order valence-corrected chi connectivity index (χ2v) is 5.66. The molecule has 1 saturated carbocycles. The van der Waals surface area contributed by atoms with Crippen LogP contribution in [0.2, 0.25) is 0 Å². The number of nitrogens with one attached hydrogen (secondary N) is 1. The van der Waals surface area contributed by atoms with Crippen molar-refractivity contribution in [3.05, 3.63) is 59.8 Å². The molecular formula is C16H13FN4O. The fraction of sp³-hybridized carbons (Fsp3) is 0.188. The van der Waals surface area contributed by atoms with Gasteiger partial charge in [-0.05, 0) is 35.7 Å². The largest absolute Gasteiger partial charge is 0.369 e. The number of nitrogens with zero attached hydrogens (tertiary/aromatic N) is 2. The van der Waals surface area contributed by atoms with Crippen molar-refractivity contribution in [1.82, 2.24) is 15.2 Å². The first-order valence-electron chi connectivity index (χ1n) is 6.96. The Morgan fingerprint density at radius 2 is 2.27 bits per heavy atom. The van der Waals surface area contributed by atoms with Crippen LogP contribution in [0.5, 0.6) is 0 Å². The predicted octanol–water partition coefficient (Wildman–Crippen LogP) is 2.01. The van der Waals surface area contributed by atoms with Gasteiger partial charge in [-0.3, -0.25) is 14.9 Å². The highest BCUT2D eigenvalue weighted by Crippen LogP contribution is 2.60. The van der Waals surface area contributed by atoms with Gasteiger partial charge in [0.1, 0.15) is 5.82 Å². The summed E-state index contributed by atoms with van der Waals surface area (Å²) >= 11 is 0. The summed E-state index contributed by atoms with van der Waals surface area (Å²) in [6.45, 7) is 0. The van der Waals surface area contributed by atoms with Crippen molar-refractivity contribution in [3.8, 4) is 0 Å². The van der Waals surface area contributed by atoms with Crippen molar-refractivity contribution in [3.63, 3.8) is 0 Å². The standard InChI is InChI=1S/C16H13FN4O/c17-13-5-14-9(7-20-21-14)4-11(13)12-6-16(12,15(18)22)10-2-1-3-19-8-10/h1-5,7-8,12H,6H2,(H2,18,22)(H,20,21). The van der Waals surface area contributed by atoms with Crippen molar-refractivity contribution in [2.45, 2.75) is 17.8 Å². The molecule has 0 aliphatic heterocycles. The fourth-order valence-corrected chi connectivity index (χ4v) is 3.25. The van der Waals surface area contributed by atoms with E-state index < -0.39 is 11.3 Å². The van der Waals surface area contributed by atoms with Gasteiger partial charge >= 0.3 is 0 Å². The van der Waals surface area contributed by atoms with Crippen LogP contribution in [0.3, 0.4) is 0 Å². The van der Waals surface area contributed by atoms with Crippen LogP contribution in [-0.2, 0) is 10.2 Å². The third kappa shape index (κ3) is 1.67. The first-order valence-corrected chi connectivity index (χ1v) is 6.96. The SMILES string of the molecule is NC(=O)C1(c2cccnc2)CC1c1cc2cn[nH]c2cc1F. The van der Waals surface area contributed by atoms with Crippen LogP contribution in [0.4, 0.5) is 4.39 Å². The Hall–Kier alpha value is -2.76. The van der Waals surface area contributed by atoms with Gasteiger partial charge in [0.05, 0.1) is 17.1 Å². The maximum absolute atomic E-state index is 14.4. The summed E-state index contributed by atoms with van der Waals surface area (Å²) in [5.74, 6) is -1.07. The number of aromatic nitrogens is 3. The minimum absolute atomic E-state index is 0.270. The van der Waals surface area contributed by atoms with Crippen LogP contribution in [0, 0.1) is 5.82 Å². The van der Waals surface area contributed by atoms with Gasteiger partial charge in [-0.25, -0.2) is 4.39 Å². The average molecular weight is 296 g/mol. The normalized spacial score (nSPS) is 23.6. The molecule has 3 aromatic rings. The summed E-state index contributed by atoms with van der Waals surface area (Å²) < 4.78 is 14.4. The van der Waals surface area contributed by atoms with Gasteiger partial charge in [-0.1, -0.05) is 6.07 Å². The predicted molar refractivity (Wildman–Crippen MR) is 78.5 cm³/mol. The third-order valence-corrected chi connectivity index (χ3v) is 4.51. The smallest absolute Gasteiger partial charge is 0.228 e. The van der Waals surface area contributed by atoms with Gasteiger partial charge < -0.3 is 5.73 Å². The highest BCUT2D eigenvalue weighted by Gasteiger charge is 2.61. The number of halogens is 1. The Balaban J connectivity index is 1.83. The van der Waals surface area contributed by atoms with E-state index in [1.54, 1.807) is 30.7 Å². The molecular weight excluding hydrogens is 283 g/mol. The molecule has 0 bridgehead atoms. The minimum atomic E-state index is -0.869. The van der Waals surface area contributed by atoms with Crippen LogP contribution in [0.15, 0.2) is 42.9 Å². The van der Waals surface area contributed by atoms with Gasteiger partial charge in [0, 0.05) is 23.7 Å². The van der Waals surface area contributed by atoms with Crippen molar-refractivity contribution in [2.24, 2.45) is 5.73 Å². The first-order chi connectivity index (χ1) is 10.6. The zero-order chi connectivity index (χ0) is 15.3.